The van der Waals surface area contributed by atoms with Crippen molar-refractivity contribution in [2.24, 2.45) is 5.41 Å². The summed E-state index contributed by atoms with van der Waals surface area (Å²) >= 11 is 0. The van der Waals surface area contributed by atoms with Gasteiger partial charge < -0.3 is 10.5 Å². The fraction of sp³-hybridized carbons (Fsp3) is 0.625. The summed E-state index contributed by atoms with van der Waals surface area (Å²) in [7, 11) is 0. The van der Waals surface area contributed by atoms with Gasteiger partial charge in [-0.05, 0) is 48.8 Å². The van der Waals surface area contributed by atoms with E-state index in [0.717, 1.165) is 31.7 Å². The van der Waals surface area contributed by atoms with Crippen molar-refractivity contribution in [2.45, 2.75) is 58.4 Å². The monoisotopic (exact) mass is 301 g/mol. The molecule has 0 atom stereocenters. The Balaban J connectivity index is 2.01. The Morgan fingerprint density at radius 3 is 2.43 bits per heavy atom. The number of hydrogen-bond acceptors (Lipinski definition) is 2. The van der Waals surface area contributed by atoms with Crippen molar-refractivity contribution >= 4 is 5.69 Å². The third-order valence-electron chi connectivity index (χ3n) is 4.20. The summed E-state index contributed by atoms with van der Waals surface area (Å²) in [6, 6.07) is 3.87. The van der Waals surface area contributed by atoms with Crippen LogP contribution in [0.25, 0.3) is 0 Å². The number of rotatable bonds is 3. The molecule has 0 amide bonds. The summed E-state index contributed by atoms with van der Waals surface area (Å²) in [5.41, 5.74) is 5.34. The minimum Gasteiger partial charge on any atom is -0.399 e. The molecule has 1 aliphatic carbocycles. The molecule has 21 heavy (non-hydrogen) atoms. The number of benzene rings is 1. The molecule has 5 heteroatoms. The Kier molecular flexibility index (Phi) is 4.51. The summed E-state index contributed by atoms with van der Waals surface area (Å²) in [5, 5.41) is 0. The number of halogens is 3. The predicted octanol–water partition coefficient (Wildman–Crippen LogP) is 4.77. The maximum Gasteiger partial charge on any atom is 0.416 e. The van der Waals surface area contributed by atoms with Crippen LogP contribution in [0.1, 0.15) is 50.7 Å². The Hall–Kier alpha value is -1.23. The van der Waals surface area contributed by atoms with E-state index in [-0.39, 0.29) is 24.0 Å². The standard InChI is InChI=1S/C16H22F3NO/c1-15(2)7-5-13(6-8-15)21-10-11-3-4-12(20)9-14(11)16(17,18)19/h3-4,9,13H,5-8,10,20H2,1-2H3. The zero-order chi connectivity index (χ0) is 15.7. The fourth-order valence-electron chi connectivity index (χ4n) is 2.73. The minimum atomic E-state index is -4.40. The first-order chi connectivity index (χ1) is 9.67. The molecule has 118 valence electrons. The van der Waals surface area contributed by atoms with E-state index in [9.17, 15) is 13.2 Å². The first-order valence-electron chi connectivity index (χ1n) is 7.25. The Morgan fingerprint density at radius 1 is 1.24 bits per heavy atom. The van der Waals surface area contributed by atoms with Gasteiger partial charge in [0.05, 0.1) is 18.3 Å². The number of anilines is 1. The van der Waals surface area contributed by atoms with Gasteiger partial charge in [0.25, 0.3) is 0 Å². The number of ether oxygens (including phenoxy) is 1. The molecule has 1 aromatic carbocycles. The molecular weight excluding hydrogens is 279 g/mol. The van der Waals surface area contributed by atoms with Gasteiger partial charge in [0.2, 0.25) is 0 Å². The molecule has 1 fully saturated rings. The maximum absolute atomic E-state index is 13.0. The van der Waals surface area contributed by atoms with Gasteiger partial charge in [-0.3, -0.25) is 0 Å². The van der Waals surface area contributed by atoms with E-state index in [1.165, 1.54) is 12.1 Å². The topological polar surface area (TPSA) is 35.2 Å². The van der Waals surface area contributed by atoms with E-state index >= 15 is 0 Å². The highest BCUT2D eigenvalue weighted by Crippen LogP contribution is 2.37. The Morgan fingerprint density at radius 2 is 1.86 bits per heavy atom. The highest BCUT2D eigenvalue weighted by atomic mass is 19.4. The van der Waals surface area contributed by atoms with Gasteiger partial charge >= 0.3 is 6.18 Å². The van der Waals surface area contributed by atoms with Crippen LogP contribution in [0.4, 0.5) is 18.9 Å². The summed E-state index contributed by atoms with van der Waals surface area (Å²) in [5.74, 6) is 0. The zero-order valence-corrected chi connectivity index (χ0v) is 12.5. The molecular formula is C16H22F3NO. The van der Waals surface area contributed by atoms with Crippen LogP contribution in [0.3, 0.4) is 0 Å². The van der Waals surface area contributed by atoms with Gasteiger partial charge in [-0.2, -0.15) is 13.2 Å². The van der Waals surface area contributed by atoms with Crippen LogP contribution < -0.4 is 5.73 Å². The number of hydrogen-bond donors (Lipinski definition) is 1. The summed E-state index contributed by atoms with van der Waals surface area (Å²) in [6.07, 6.45) is -0.441. The van der Waals surface area contributed by atoms with Crippen molar-refractivity contribution in [3.63, 3.8) is 0 Å². The van der Waals surface area contributed by atoms with Crippen LogP contribution in [0.15, 0.2) is 18.2 Å². The molecule has 0 radical (unpaired) electrons. The normalized spacial score (nSPS) is 19.7. The van der Waals surface area contributed by atoms with E-state index in [0.29, 0.717) is 5.41 Å². The molecule has 2 rings (SSSR count). The molecule has 2 nitrogen and oxygen atoms in total. The van der Waals surface area contributed by atoms with Crippen LogP contribution in [0.5, 0.6) is 0 Å². The molecule has 0 bridgehead atoms. The molecule has 0 aliphatic heterocycles. The molecule has 0 saturated heterocycles. The van der Waals surface area contributed by atoms with Crippen LogP contribution in [0.2, 0.25) is 0 Å². The van der Waals surface area contributed by atoms with Gasteiger partial charge in [-0.1, -0.05) is 19.9 Å². The third kappa shape index (κ3) is 4.37. The average Bonchev–Trinajstić information content (AvgIpc) is 2.37. The lowest BCUT2D eigenvalue weighted by Crippen LogP contribution is -2.26. The highest BCUT2D eigenvalue weighted by Gasteiger charge is 2.34. The van der Waals surface area contributed by atoms with E-state index in [1.54, 1.807) is 0 Å². The van der Waals surface area contributed by atoms with Gasteiger partial charge in [0.1, 0.15) is 0 Å². The van der Waals surface area contributed by atoms with Gasteiger partial charge in [-0.15, -0.1) is 0 Å². The second kappa shape index (κ2) is 5.87. The number of nitrogen functional groups attached to an aromatic ring is 1. The van der Waals surface area contributed by atoms with E-state index in [1.807, 2.05) is 0 Å². The zero-order valence-electron chi connectivity index (χ0n) is 12.5. The Bertz CT molecular complexity index is 487. The molecule has 1 saturated carbocycles. The smallest absolute Gasteiger partial charge is 0.399 e. The maximum atomic E-state index is 13.0. The van der Waals surface area contributed by atoms with Crippen LogP contribution in [-0.4, -0.2) is 6.10 Å². The highest BCUT2D eigenvalue weighted by molar-refractivity contribution is 5.45. The second-order valence-corrected chi connectivity index (χ2v) is 6.59. The number of alkyl halides is 3. The summed E-state index contributed by atoms with van der Waals surface area (Å²) in [6.45, 7) is 4.41. The predicted molar refractivity (Wildman–Crippen MR) is 76.7 cm³/mol. The van der Waals surface area contributed by atoms with Gasteiger partial charge in [0.15, 0.2) is 0 Å². The minimum absolute atomic E-state index is 0.0137. The van der Waals surface area contributed by atoms with E-state index in [2.05, 4.69) is 13.8 Å². The van der Waals surface area contributed by atoms with Crippen LogP contribution >= 0.6 is 0 Å². The van der Waals surface area contributed by atoms with Gasteiger partial charge in [0, 0.05) is 5.69 Å². The van der Waals surface area contributed by atoms with Crippen molar-refractivity contribution < 1.29 is 17.9 Å². The quantitative estimate of drug-likeness (QED) is 0.816. The van der Waals surface area contributed by atoms with Crippen molar-refractivity contribution in [3.8, 4) is 0 Å². The van der Waals surface area contributed by atoms with Crippen molar-refractivity contribution in [3.05, 3.63) is 29.3 Å². The van der Waals surface area contributed by atoms with Crippen LogP contribution in [-0.2, 0) is 17.5 Å². The van der Waals surface area contributed by atoms with E-state index in [4.69, 9.17) is 10.5 Å². The summed E-state index contributed by atoms with van der Waals surface area (Å²) in [4.78, 5) is 0. The number of nitrogens with two attached hydrogens (primary N) is 1. The van der Waals surface area contributed by atoms with E-state index < -0.39 is 11.7 Å². The first-order valence-corrected chi connectivity index (χ1v) is 7.25. The molecule has 2 N–H and O–H groups in total. The molecule has 1 aliphatic rings. The molecule has 1 aromatic rings. The average molecular weight is 301 g/mol. The summed E-state index contributed by atoms with van der Waals surface area (Å²) < 4.78 is 44.7. The fourth-order valence-corrected chi connectivity index (χ4v) is 2.73. The lowest BCUT2D eigenvalue weighted by Gasteiger charge is -2.34. The lowest BCUT2D eigenvalue weighted by molar-refractivity contribution is -0.139. The second-order valence-electron chi connectivity index (χ2n) is 6.59. The molecule has 0 aromatic heterocycles. The first kappa shape index (κ1) is 16.1. The van der Waals surface area contributed by atoms with Crippen molar-refractivity contribution in [1.29, 1.82) is 0 Å². The molecule has 0 spiro atoms. The van der Waals surface area contributed by atoms with Crippen molar-refractivity contribution in [2.75, 3.05) is 5.73 Å². The SMILES string of the molecule is CC1(C)CCC(OCc2ccc(N)cc2C(F)(F)F)CC1. The third-order valence-corrected chi connectivity index (χ3v) is 4.20. The molecule has 0 unspecified atom stereocenters. The largest absolute Gasteiger partial charge is 0.416 e. The lowest BCUT2D eigenvalue weighted by atomic mass is 9.76. The Labute approximate surface area is 123 Å². The molecule has 0 heterocycles. The van der Waals surface area contributed by atoms with Crippen molar-refractivity contribution in [1.82, 2.24) is 0 Å². The van der Waals surface area contributed by atoms with Gasteiger partial charge in [-0.25, -0.2) is 0 Å². The van der Waals surface area contributed by atoms with Crippen LogP contribution in [0, 0.1) is 5.41 Å².